The van der Waals surface area contributed by atoms with E-state index < -0.39 is 0 Å². The molecular formula is C22H29N5O. The highest BCUT2D eigenvalue weighted by molar-refractivity contribution is 5.78. The summed E-state index contributed by atoms with van der Waals surface area (Å²) in [7, 11) is 0. The van der Waals surface area contributed by atoms with Crippen LogP contribution in [0, 0.1) is 0 Å². The maximum atomic E-state index is 11.4. The molecule has 28 heavy (non-hydrogen) atoms. The molecule has 2 aliphatic heterocycles. The van der Waals surface area contributed by atoms with E-state index in [-0.39, 0.29) is 11.9 Å². The topological polar surface area (TPSA) is 61.4 Å². The van der Waals surface area contributed by atoms with E-state index in [1.807, 2.05) is 18.5 Å². The third kappa shape index (κ3) is 4.87. The molecule has 0 spiro atoms. The van der Waals surface area contributed by atoms with Gasteiger partial charge in [-0.25, -0.2) is 9.97 Å². The van der Waals surface area contributed by atoms with Crippen LogP contribution in [-0.4, -0.2) is 53.5 Å². The zero-order valence-electron chi connectivity index (χ0n) is 16.4. The molecule has 2 saturated heterocycles. The molecule has 2 aliphatic rings. The van der Waals surface area contributed by atoms with Gasteiger partial charge in [0, 0.05) is 45.0 Å². The standard InChI is InChI=1S/C22H29N5O/c28-21-10-9-20(25-21)19-7-5-18(6-8-19)4-1-2-13-26-14-16-27(17-15-26)22-23-11-3-12-24-22/h3,5-8,11-12,20H,1-2,4,9-10,13-17H2,(H,25,28). The Kier molecular flexibility index (Phi) is 6.17. The summed E-state index contributed by atoms with van der Waals surface area (Å²) in [5.41, 5.74) is 2.62. The van der Waals surface area contributed by atoms with Gasteiger partial charge in [0.2, 0.25) is 11.9 Å². The number of hydrogen-bond donors (Lipinski definition) is 1. The lowest BCUT2D eigenvalue weighted by molar-refractivity contribution is -0.119. The molecular weight excluding hydrogens is 350 g/mol. The first-order valence-electron chi connectivity index (χ1n) is 10.4. The van der Waals surface area contributed by atoms with Gasteiger partial charge in [0.05, 0.1) is 6.04 Å². The monoisotopic (exact) mass is 379 g/mol. The van der Waals surface area contributed by atoms with Gasteiger partial charge in [-0.15, -0.1) is 0 Å². The fraction of sp³-hybridized carbons (Fsp3) is 0.500. The molecule has 1 aromatic carbocycles. The van der Waals surface area contributed by atoms with Gasteiger partial charge in [0.15, 0.2) is 0 Å². The smallest absolute Gasteiger partial charge is 0.225 e. The Morgan fingerprint density at radius 1 is 1.00 bits per heavy atom. The molecule has 1 atom stereocenters. The Balaban J connectivity index is 1.14. The average Bonchev–Trinajstić information content (AvgIpc) is 3.19. The second-order valence-electron chi connectivity index (χ2n) is 7.73. The molecule has 1 N–H and O–H groups in total. The van der Waals surface area contributed by atoms with Crippen LogP contribution in [0.15, 0.2) is 42.7 Å². The molecule has 1 unspecified atom stereocenters. The number of unbranched alkanes of at least 4 members (excludes halogenated alkanes) is 1. The molecule has 2 aromatic rings. The van der Waals surface area contributed by atoms with Crippen LogP contribution in [0.5, 0.6) is 0 Å². The van der Waals surface area contributed by atoms with Crippen molar-refractivity contribution in [2.75, 3.05) is 37.6 Å². The van der Waals surface area contributed by atoms with Crippen molar-refractivity contribution >= 4 is 11.9 Å². The molecule has 4 rings (SSSR count). The molecule has 1 amide bonds. The van der Waals surface area contributed by atoms with Crippen molar-refractivity contribution in [2.45, 2.75) is 38.1 Å². The summed E-state index contributed by atoms with van der Waals surface area (Å²) in [4.78, 5) is 24.9. The highest BCUT2D eigenvalue weighted by Gasteiger charge is 2.22. The van der Waals surface area contributed by atoms with Crippen molar-refractivity contribution in [3.8, 4) is 0 Å². The molecule has 1 aromatic heterocycles. The normalized spacial score (nSPS) is 20.4. The van der Waals surface area contributed by atoms with Gasteiger partial charge in [-0.2, -0.15) is 0 Å². The number of nitrogens with one attached hydrogen (secondary N) is 1. The van der Waals surface area contributed by atoms with Crippen LogP contribution in [0.4, 0.5) is 5.95 Å². The molecule has 3 heterocycles. The van der Waals surface area contributed by atoms with Crippen LogP contribution < -0.4 is 10.2 Å². The van der Waals surface area contributed by atoms with Gasteiger partial charge in [0.25, 0.3) is 0 Å². The Morgan fingerprint density at radius 3 is 2.43 bits per heavy atom. The van der Waals surface area contributed by atoms with E-state index in [1.54, 1.807) is 0 Å². The Bertz CT molecular complexity index is 756. The maximum absolute atomic E-state index is 11.4. The minimum Gasteiger partial charge on any atom is -0.349 e. The Morgan fingerprint density at radius 2 is 1.75 bits per heavy atom. The summed E-state index contributed by atoms with van der Waals surface area (Å²) in [6, 6.07) is 10.9. The molecule has 6 heteroatoms. The lowest BCUT2D eigenvalue weighted by Gasteiger charge is -2.34. The van der Waals surface area contributed by atoms with Crippen molar-refractivity contribution < 1.29 is 4.79 Å². The summed E-state index contributed by atoms with van der Waals surface area (Å²) >= 11 is 0. The second kappa shape index (κ2) is 9.15. The van der Waals surface area contributed by atoms with Crippen molar-refractivity contribution in [2.24, 2.45) is 0 Å². The van der Waals surface area contributed by atoms with E-state index in [0.29, 0.717) is 6.42 Å². The number of piperazine rings is 1. The van der Waals surface area contributed by atoms with E-state index in [0.717, 1.165) is 51.5 Å². The lowest BCUT2D eigenvalue weighted by Crippen LogP contribution is -2.47. The summed E-state index contributed by atoms with van der Waals surface area (Å²) in [5.74, 6) is 1.02. The zero-order chi connectivity index (χ0) is 19.2. The number of anilines is 1. The minimum atomic E-state index is 0.172. The molecule has 0 aliphatic carbocycles. The van der Waals surface area contributed by atoms with Crippen LogP contribution in [0.3, 0.4) is 0 Å². The predicted octanol–water partition coefficient (Wildman–Crippen LogP) is 2.57. The quantitative estimate of drug-likeness (QED) is 0.749. The lowest BCUT2D eigenvalue weighted by atomic mass is 10.0. The summed E-state index contributed by atoms with van der Waals surface area (Å²) in [6.45, 7) is 5.34. The van der Waals surface area contributed by atoms with Crippen LogP contribution in [-0.2, 0) is 11.2 Å². The molecule has 0 saturated carbocycles. The maximum Gasteiger partial charge on any atom is 0.225 e. The summed E-state index contributed by atoms with van der Waals surface area (Å²) in [5, 5.41) is 3.04. The number of amides is 1. The number of aromatic nitrogens is 2. The number of nitrogens with zero attached hydrogens (tertiary/aromatic N) is 4. The van der Waals surface area contributed by atoms with Crippen molar-refractivity contribution in [3.05, 3.63) is 53.9 Å². The Labute approximate surface area is 167 Å². The minimum absolute atomic E-state index is 0.172. The molecule has 6 nitrogen and oxygen atoms in total. The van der Waals surface area contributed by atoms with Crippen molar-refractivity contribution in [1.82, 2.24) is 20.2 Å². The van der Waals surface area contributed by atoms with E-state index in [9.17, 15) is 4.79 Å². The molecule has 148 valence electrons. The van der Waals surface area contributed by atoms with E-state index in [2.05, 4.69) is 49.4 Å². The van der Waals surface area contributed by atoms with Crippen LogP contribution in [0.1, 0.15) is 42.9 Å². The number of hydrogen-bond acceptors (Lipinski definition) is 5. The first kappa shape index (κ1) is 18.9. The number of aryl methyl sites for hydroxylation is 1. The first-order chi connectivity index (χ1) is 13.8. The largest absolute Gasteiger partial charge is 0.349 e. The van der Waals surface area contributed by atoms with Gasteiger partial charge >= 0.3 is 0 Å². The van der Waals surface area contributed by atoms with Crippen LogP contribution in [0.25, 0.3) is 0 Å². The number of carbonyl (C=O) groups excluding carboxylic acids is 1. The fourth-order valence-corrected chi connectivity index (χ4v) is 4.07. The highest BCUT2D eigenvalue weighted by atomic mass is 16.1. The third-order valence-corrected chi connectivity index (χ3v) is 5.77. The Hall–Kier alpha value is -2.47. The molecule has 0 bridgehead atoms. The van der Waals surface area contributed by atoms with Gasteiger partial charge in [-0.3, -0.25) is 9.69 Å². The SMILES string of the molecule is O=C1CCC(c2ccc(CCCCN3CCN(c4ncccn4)CC3)cc2)N1. The van der Waals surface area contributed by atoms with Crippen molar-refractivity contribution in [3.63, 3.8) is 0 Å². The third-order valence-electron chi connectivity index (χ3n) is 5.77. The predicted molar refractivity (Wildman–Crippen MR) is 110 cm³/mol. The first-order valence-corrected chi connectivity index (χ1v) is 10.4. The van der Waals surface area contributed by atoms with Gasteiger partial charge < -0.3 is 10.2 Å². The highest BCUT2D eigenvalue weighted by Crippen LogP contribution is 2.24. The van der Waals surface area contributed by atoms with Crippen molar-refractivity contribution in [1.29, 1.82) is 0 Å². The average molecular weight is 380 g/mol. The number of benzene rings is 1. The van der Waals surface area contributed by atoms with Gasteiger partial charge in [-0.05, 0) is 49.4 Å². The van der Waals surface area contributed by atoms with E-state index in [1.165, 1.54) is 24.0 Å². The number of carbonyl (C=O) groups is 1. The molecule has 0 radical (unpaired) electrons. The number of rotatable bonds is 7. The van der Waals surface area contributed by atoms with E-state index in [4.69, 9.17) is 0 Å². The zero-order valence-corrected chi connectivity index (χ0v) is 16.4. The molecule has 2 fully saturated rings. The van der Waals surface area contributed by atoms with Gasteiger partial charge in [0.1, 0.15) is 0 Å². The summed E-state index contributed by atoms with van der Waals surface area (Å²) in [6.07, 6.45) is 8.75. The second-order valence-corrected chi connectivity index (χ2v) is 7.73. The van der Waals surface area contributed by atoms with E-state index >= 15 is 0 Å². The van der Waals surface area contributed by atoms with Crippen LogP contribution in [0.2, 0.25) is 0 Å². The fourth-order valence-electron chi connectivity index (χ4n) is 4.07. The van der Waals surface area contributed by atoms with Gasteiger partial charge in [-0.1, -0.05) is 24.3 Å². The van der Waals surface area contributed by atoms with Crippen LogP contribution >= 0.6 is 0 Å². The summed E-state index contributed by atoms with van der Waals surface area (Å²) < 4.78 is 0.